The van der Waals surface area contributed by atoms with E-state index in [1.165, 1.54) is 28.8 Å². The molecule has 1 fully saturated rings. The topological polar surface area (TPSA) is 74.9 Å². The maximum absolute atomic E-state index is 12.9. The van der Waals surface area contributed by atoms with Crippen LogP contribution in [0.4, 0.5) is 5.69 Å². The fourth-order valence-corrected chi connectivity index (χ4v) is 4.57. The monoisotopic (exact) mass is 431 g/mol. The van der Waals surface area contributed by atoms with Gasteiger partial charge >= 0.3 is 5.97 Å². The Morgan fingerprint density at radius 1 is 1.23 bits per heavy atom. The van der Waals surface area contributed by atoms with Gasteiger partial charge in [-0.05, 0) is 49.0 Å². The van der Waals surface area contributed by atoms with E-state index in [-0.39, 0.29) is 11.5 Å². The van der Waals surface area contributed by atoms with Crippen LogP contribution in [0.25, 0.3) is 17.0 Å². The number of benzene rings is 2. The highest BCUT2D eigenvalue weighted by atomic mass is 32.2. The third-order valence-corrected chi connectivity index (χ3v) is 6.25. The summed E-state index contributed by atoms with van der Waals surface area (Å²) < 4.78 is 2.18. The number of nitrogens with zero attached hydrogens (tertiary/aromatic N) is 3. The van der Waals surface area contributed by atoms with Crippen LogP contribution >= 0.6 is 11.8 Å². The van der Waals surface area contributed by atoms with Crippen LogP contribution in [0.5, 0.6) is 0 Å². The number of allylic oxidation sites excluding steroid dienone is 1. The summed E-state index contributed by atoms with van der Waals surface area (Å²) in [6.07, 6.45) is 3.77. The Hall–Kier alpha value is -3.58. The van der Waals surface area contributed by atoms with Crippen molar-refractivity contribution in [1.82, 2.24) is 9.47 Å². The van der Waals surface area contributed by atoms with Crippen LogP contribution < -0.4 is 0 Å². The van der Waals surface area contributed by atoms with Crippen molar-refractivity contribution in [1.29, 1.82) is 0 Å². The first-order chi connectivity index (χ1) is 14.9. The first kappa shape index (κ1) is 20.7. The molecular weight excluding hydrogens is 410 g/mol. The van der Waals surface area contributed by atoms with E-state index in [2.05, 4.69) is 28.3 Å². The molecule has 1 amide bonds. The zero-order valence-electron chi connectivity index (χ0n) is 17.2. The number of para-hydroxylation sites is 1. The predicted molar refractivity (Wildman–Crippen MR) is 126 cm³/mol. The zero-order valence-corrected chi connectivity index (χ0v) is 18.0. The van der Waals surface area contributed by atoms with E-state index >= 15 is 0 Å². The molecule has 0 bridgehead atoms. The molecule has 1 aliphatic rings. The third-order valence-electron chi connectivity index (χ3n) is 5.19. The smallest absolute Gasteiger partial charge is 0.335 e. The Labute approximate surface area is 184 Å². The van der Waals surface area contributed by atoms with Crippen LogP contribution in [0, 0.1) is 6.92 Å². The van der Waals surface area contributed by atoms with Crippen molar-refractivity contribution < 1.29 is 14.7 Å². The molecule has 3 aromatic rings. The van der Waals surface area contributed by atoms with Crippen molar-refractivity contribution in [3.8, 4) is 0 Å². The molecule has 0 aliphatic carbocycles. The molecule has 2 heterocycles. The summed E-state index contributed by atoms with van der Waals surface area (Å²) in [5.74, 6) is -1.16. The van der Waals surface area contributed by atoms with Crippen LogP contribution in [0.15, 0.2) is 71.1 Å². The molecule has 1 aromatic heterocycles. The lowest BCUT2D eigenvalue weighted by molar-refractivity contribution is -0.121. The lowest BCUT2D eigenvalue weighted by atomic mass is 10.1. The number of likely N-dealkylation sites (N-methyl/N-ethyl adjacent to an activating group) is 1. The number of rotatable bonds is 5. The molecule has 0 atom stereocenters. The molecule has 0 radical (unpaired) electrons. The number of fused-ring (bicyclic) bond motifs is 1. The number of carbonyl (C=O) groups is 2. The fraction of sp³-hybridized carbons (Fsp3) is 0.125. The highest BCUT2D eigenvalue weighted by molar-refractivity contribution is 8.18. The normalized spacial score (nSPS) is 16.6. The number of amides is 1. The number of carboxylic acids is 1. The second-order valence-corrected chi connectivity index (χ2v) is 8.15. The van der Waals surface area contributed by atoms with Crippen molar-refractivity contribution in [2.75, 3.05) is 7.05 Å². The van der Waals surface area contributed by atoms with E-state index < -0.39 is 5.97 Å². The first-order valence-corrected chi connectivity index (χ1v) is 10.5. The highest BCUT2D eigenvalue weighted by Crippen LogP contribution is 2.36. The summed E-state index contributed by atoms with van der Waals surface area (Å²) in [6, 6.07) is 14.4. The van der Waals surface area contributed by atoms with Crippen molar-refractivity contribution in [3.63, 3.8) is 0 Å². The standard InChI is InChI=1S/C24H21N3O3S/c1-4-12-27-15(2)19(18-10-5-6-11-20(18)27)14-21-22(28)26(3)24(31-21)25-17-9-7-8-16(13-17)23(29)30/h4-11,13-14H,1,12H2,2-3H3,(H,29,30). The number of aromatic nitrogens is 1. The lowest BCUT2D eigenvalue weighted by Gasteiger charge is -2.07. The molecule has 0 saturated carbocycles. The van der Waals surface area contributed by atoms with Gasteiger partial charge in [0.1, 0.15) is 0 Å². The molecule has 0 spiro atoms. The number of aliphatic imine (C=N–C) groups is 1. The van der Waals surface area contributed by atoms with Gasteiger partial charge in [-0.3, -0.25) is 9.69 Å². The molecule has 7 heteroatoms. The van der Waals surface area contributed by atoms with Crippen LogP contribution in [-0.2, 0) is 11.3 Å². The van der Waals surface area contributed by atoms with Crippen molar-refractivity contribution in [3.05, 3.63) is 82.9 Å². The number of thioether (sulfide) groups is 1. The Morgan fingerprint density at radius 3 is 2.74 bits per heavy atom. The number of hydrogen-bond acceptors (Lipinski definition) is 4. The molecule has 4 rings (SSSR count). The van der Waals surface area contributed by atoms with Crippen LogP contribution in [0.3, 0.4) is 0 Å². The Balaban J connectivity index is 1.75. The second-order valence-electron chi connectivity index (χ2n) is 7.14. The quantitative estimate of drug-likeness (QED) is 0.452. The summed E-state index contributed by atoms with van der Waals surface area (Å²) in [6.45, 7) is 6.57. The fourth-order valence-electron chi connectivity index (χ4n) is 3.61. The van der Waals surface area contributed by atoms with Crippen molar-refractivity contribution in [2.45, 2.75) is 13.5 Å². The molecular formula is C24H21N3O3S. The number of amidine groups is 1. The Morgan fingerprint density at radius 2 is 2.00 bits per heavy atom. The van der Waals surface area contributed by atoms with Gasteiger partial charge in [-0.2, -0.15) is 0 Å². The minimum atomic E-state index is -1.02. The number of carboxylic acid groups (broad SMARTS) is 1. The molecule has 1 saturated heterocycles. The molecule has 1 aliphatic heterocycles. The van der Waals surface area contributed by atoms with Crippen LogP contribution in [0.2, 0.25) is 0 Å². The maximum atomic E-state index is 12.9. The van der Waals surface area contributed by atoms with Gasteiger partial charge in [0.05, 0.1) is 16.2 Å². The van der Waals surface area contributed by atoms with Crippen molar-refractivity contribution >= 4 is 51.5 Å². The number of carbonyl (C=O) groups excluding carboxylic acids is 1. The minimum absolute atomic E-state index is 0.141. The zero-order chi connectivity index (χ0) is 22.1. The van der Waals surface area contributed by atoms with Gasteiger partial charge in [-0.25, -0.2) is 9.79 Å². The van der Waals surface area contributed by atoms with Crippen LogP contribution in [0.1, 0.15) is 21.6 Å². The molecule has 31 heavy (non-hydrogen) atoms. The van der Waals surface area contributed by atoms with Gasteiger partial charge in [0, 0.05) is 35.8 Å². The lowest BCUT2D eigenvalue weighted by Crippen LogP contribution is -2.23. The van der Waals surface area contributed by atoms with Gasteiger partial charge < -0.3 is 9.67 Å². The number of hydrogen-bond donors (Lipinski definition) is 1. The highest BCUT2D eigenvalue weighted by Gasteiger charge is 2.31. The average molecular weight is 432 g/mol. The van der Waals surface area contributed by atoms with Gasteiger partial charge in [-0.15, -0.1) is 6.58 Å². The average Bonchev–Trinajstić information content (AvgIpc) is 3.18. The van der Waals surface area contributed by atoms with Crippen LogP contribution in [-0.4, -0.2) is 38.7 Å². The van der Waals surface area contributed by atoms with Gasteiger partial charge in [0.15, 0.2) is 5.17 Å². The SMILES string of the molecule is C=CCn1c(C)c(C=C2SC(=Nc3cccc(C(=O)O)c3)N(C)C2=O)c2ccccc21. The van der Waals surface area contributed by atoms with E-state index in [0.29, 0.717) is 22.3 Å². The van der Waals surface area contributed by atoms with E-state index in [1.807, 2.05) is 31.2 Å². The molecule has 6 nitrogen and oxygen atoms in total. The summed E-state index contributed by atoms with van der Waals surface area (Å²) in [5.41, 5.74) is 3.79. The first-order valence-electron chi connectivity index (χ1n) is 9.69. The van der Waals surface area contributed by atoms with Crippen molar-refractivity contribution in [2.24, 2.45) is 4.99 Å². The van der Waals surface area contributed by atoms with E-state index in [1.54, 1.807) is 19.2 Å². The molecule has 0 unspecified atom stereocenters. The maximum Gasteiger partial charge on any atom is 0.335 e. The molecule has 1 N–H and O–H groups in total. The second kappa shape index (κ2) is 8.28. The molecule has 2 aromatic carbocycles. The third kappa shape index (κ3) is 3.80. The summed E-state index contributed by atoms with van der Waals surface area (Å²) in [5, 5.41) is 10.8. The minimum Gasteiger partial charge on any atom is -0.478 e. The summed E-state index contributed by atoms with van der Waals surface area (Å²) >= 11 is 1.28. The van der Waals surface area contributed by atoms with E-state index in [9.17, 15) is 14.7 Å². The largest absolute Gasteiger partial charge is 0.478 e. The summed E-state index contributed by atoms with van der Waals surface area (Å²) in [7, 11) is 1.67. The van der Waals surface area contributed by atoms with E-state index in [4.69, 9.17) is 0 Å². The summed E-state index contributed by atoms with van der Waals surface area (Å²) in [4.78, 5) is 30.7. The molecule has 156 valence electrons. The Bertz CT molecular complexity index is 1290. The Kier molecular flexibility index (Phi) is 5.52. The van der Waals surface area contributed by atoms with E-state index in [0.717, 1.165) is 22.2 Å². The predicted octanol–water partition coefficient (Wildman–Crippen LogP) is 5.07. The van der Waals surface area contributed by atoms with Gasteiger partial charge in [0.2, 0.25) is 0 Å². The van der Waals surface area contributed by atoms with Gasteiger partial charge in [0.25, 0.3) is 5.91 Å². The van der Waals surface area contributed by atoms with Gasteiger partial charge in [-0.1, -0.05) is 30.3 Å². The number of aromatic carboxylic acids is 1.